The zero-order valence-electron chi connectivity index (χ0n) is 62.3. The maximum absolute atomic E-state index is 10.3. The van der Waals surface area contributed by atoms with Gasteiger partial charge in [-0.05, 0) is 115 Å². The molecule has 9 aromatic carbocycles. The van der Waals surface area contributed by atoms with E-state index in [2.05, 4.69) is 23.4 Å². The van der Waals surface area contributed by atoms with E-state index in [-0.39, 0.29) is 66.2 Å². The van der Waals surface area contributed by atoms with Crippen molar-refractivity contribution in [2.75, 3.05) is 0 Å². The van der Waals surface area contributed by atoms with Crippen molar-refractivity contribution in [2.45, 2.75) is 59.2 Å². The molecule has 5 nitrogen and oxygen atoms in total. The van der Waals surface area contributed by atoms with Crippen molar-refractivity contribution in [3.8, 4) is 73.2 Å². The van der Waals surface area contributed by atoms with Crippen LogP contribution in [0.3, 0.4) is 0 Å². The van der Waals surface area contributed by atoms with Gasteiger partial charge in [0.15, 0.2) is 0 Å². The van der Waals surface area contributed by atoms with Crippen LogP contribution in [0.4, 0.5) is 0 Å². The molecule has 12 rings (SSSR count). The Balaban J connectivity index is 0.00000936. The van der Waals surface area contributed by atoms with Gasteiger partial charge < -0.3 is 13.9 Å². The second-order valence-electron chi connectivity index (χ2n) is 19.7. The van der Waals surface area contributed by atoms with Crippen molar-refractivity contribution < 1.29 is 59.2 Å². The van der Waals surface area contributed by atoms with Gasteiger partial charge in [0.05, 0.1) is 41.4 Å². The van der Waals surface area contributed by atoms with Gasteiger partial charge >= 0.3 is 0 Å². The number of hydrogen-bond donors (Lipinski definition) is 0. The minimum atomic E-state index is -2.84. The second kappa shape index (κ2) is 19.6. The van der Waals surface area contributed by atoms with E-state index in [1.165, 1.54) is 12.3 Å². The molecule has 0 aliphatic carbocycles. The number of aromatic nitrogens is 4. The Kier molecular flexibility index (Phi) is 7.93. The van der Waals surface area contributed by atoms with E-state index in [9.17, 15) is 9.60 Å². The first-order valence-corrected chi connectivity index (χ1v) is 23.7. The number of fused-ring (bicyclic) bond motifs is 4. The van der Waals surface area contributed by atoms with Gasteiger partial charge in [-0.15, -0.1) is 29.7 Å². The van der Waals surface area contributed by atoms with Gasteiger partial charge in [-0.1, -0.05) is 192 Å². The summed E-state index contributed by atoms with van der Waals surface area (Å²) in [6.07, 6.45) is 4.75. The normalized spacial score (nSPS) is 15.9. The molecule has 0 N–H and O–H groups in total. The summed E-state index contributed by atoms with van der Waals surface area (Å²) in [7, 11) is 0. The minimum Gasteiger partial charge on any atom is -0.510 e. The van der Waals surface area contributed by atoms with Gasteiger partial charge in [-0.2, -0.15) is 18.2 Å². The monoisotopic (exact) mass is 1170 g/mol. The zero-order valence-corrected chi connectivity index (χ0v) is 43.6. The number of pyridine rings is 1. The number of imidazole rings is 1. The molecule has 0 saturated carbocycles. The van der Waals surface area contributed by atoms with Gasteiger partial charge in [0, 0.05) is 54.0 Å². The van der Waals surface area contributed by atoms with Crippen LogP contribution in [0.1, 0.15) is 87.0 Å². The van der Waals surface area contributed by atoms with Gasteiger partial charge in [0.2, 0.25) is 0 Å². The van der Waals surface area contributed by atoms with Gasteiger partial charge in [-0.25, -0.2) is 4.98 Å². The molecule has 0 aliphatic heterocycles. The first kappa shape index (κ1) is 30.3. The van der Waals surface area contributed by atoms with Gasteiger partial charge in [0.25, 0.3) is 6.33 Å². The van der Waals surface area contributed by atoms with Crippen LogP contribution in [-0.4, -0.2) is 14.1 Å². The standard InChI is InChI=1S/C69H56N4O.Pt/c1-46-36-66(70-44-60(46)49-26-15-10-16-27-49)73-62-31-18-17-30-57(62)58-35-34-56(43-65(58)73)74-55-29-21-28-54(42-55)71-45-72(64-33-20-19-32-63(64)71)67-59(40-53(68(2,3)4)41-61(67)69(5,6)7)52-38-50(47-22-11-8-12-23-47)37-51(39-52)48-24-13-9-14-25-48;/h8-41,44H,1-7H3;/q-2;/i1D3,8D,9D,10D,11D,12D,13D,14D,15D,16D,22D,23D,24D,25D,26D,27D,37D,38D,39D;. The molecule has 6 heteroatoms. The molecule has 0 unspecified atom stereocenters. The van der Waals surface area contributed by atoms with Crippen LogP contribution >= 0.6 is 0 Å². The van der Waals surface area contributed by atoms with E-state index in [0.29, 0.717) is 50.0 Å². The Morgan fingerprint density at radius 1 is 0.573 bits per heavy atom. The smallest absolute Gasteiger partial charge is 0.268 e. The van der Waals surface area contributed by atoms with Crippen LogP contribution in [0.2, 0.25) is 0 Å². The van der Waals surface area contributed by atoms with Crippen molar-refractivity contribution in [3.05, 3.63) is 247 Å². The summed E-state index contributed by atoms with van der Waals surface area (Å²) in [5, 5.41) is 1.46. The Labute approximate surface area is 484 Å². The summed E-state index contributed by atoms with van der Waals surface area (Å²) in [4.78, 5) is 4.69. The number of benzene rings is 9. The number of ether oxygens (including phenoxy) is 1. The minimum absolute atomic E-state index is 0. The third-order valence-electron chi connectivity index (χ3n) is 12.7. The number of nitrogens with zero attached hydrogens (tertiary/aromatic N) is 4. The van der Waals surface area contributed by atoms with Crippen LogP contribution in [0.25, 0.3) is 94.5 Å². The summed E-state index contributed by atoms with van der Waals surface area (Å²) >= 11 is 0. The molecule has 0 bridgehead atoms. The predicted octanol–water partition coefficient (Wildman–Crippen LogP) is 17.2. The predicted molar refractivity (Wildman–Crippen MR) is 304 cm³/mol. The molecule has 0 saturated heterocycles. The van der Waals surface area contributed by atoms with E-state index >= 15 is 0 Å². The average molecular weight is 1170 g/mol. The SMILES string of the molecule is [2H]c1c([2H])c([2H])c(-c2cnc(-n3c4[c-]c(Oc5[c-]c(-n6[c-][n+](-c7c(-c8c([2H])c(-c9c([2H])c([2H])c([2H])c([2H])c9[2H])c([2H])c(-c9c([2H])c([2H])c([2H])c([2H])c9[2H])c8[2H])cc(C(C)(C)C)cc7C(C)(C)C)c7ccccc76)ccc5)ccc4c4ccccc43)cc2C([2H])([2H])[2H])c([2H])c1[2H].[Pt]. The Morgan fingerprint density at radius 3 is 1.87 bits per heavy atom. The van der Waals surface area contributed by atoms with E-state index in [1.54, 1.807) is 44.0 Å². The Hall–Kier alpha value is -8.11. The summed E-state index contributed by atoms with van der Waals surface area (Å²) in [5.41, 5.74) is -0.168. The molecule has 3 aromatic heterocycles. The van der Waals surface area contributed by atoms with Gasteiger partial charge in [-0.3, -0.25) is 4.57 Å². The van der Waals surface area contributed by atoms with E-state index in [0.717, 1.165) is 5.39 Å². The van der Waals surface area contributed by atoms with Crippen molar-refractivity contribution >= 4 is 32.8 Å². The topological polar surface area (TPSA) is 35.9 Å². The summed E-state index contributed by atoms with van der Waals surface area (Å²) < 4.78 is 199. The average Bonchev–Trinajstić information content (AvgIpc) is 0.921. The van der Waals surface area contributed by atoms with Crippen molar-refractivity contribution in [3.63, 3.8) is 0 Å². The molecule has 3 heterocycles. The number of hydrogen-bond acceptors (Lipinski definition) is 2. The van der Waals surface area contributed by atoms with Crippen molar-refractivity contribution in [1.29, 1.82) is 0 Å². The third kappa shape index (κ3) is 9.32. The maximum atomic E-state index is 10.3. The summed E-state index contributed by atoms with van der Waals surface area (Å²) in [6, 6.07) is 22.6. The number of para-hydroxylation sites is 3. The van der Waals surface area contributed by atoms with E-state index in [1.807, 2.05) is 102 Å². The van der Waals surface area contributed by atoms with Crippen LogP contribution in [0.5, 0.6) is 11.5 Å². The number of aryl methyl sites for hydroxylation is 1. The quantitative estimate of drug-likeness (QED) is 0.107. The second-order valence-corrected chi connectivity index (χ2v) is 19.7. The van der Waals surface area contributed by atoms with Crippen LogP contribution in [-0.2, 0) is 31.9 Å². The molecular formula is C69H56N4OPt-2. The first-order chi connectivity index (χ1) is 44.6. The third-order valence-corrected chi connectivity index (χ3v) is 12.7. The Bertz CT molecular complexity index is 5110. The number of rotatable bonds is 9. The molecule has 0 fully saturated rings. The van der Waals surface area contributed by atoms with Crippen LogP contribution < -0.4 is 9.30 Å². The van der Waals surface area contributed by atoms with E-state index in [4.69, 9.17) is 23.9 Å². The molecule has 0 amide bonds. The molecule has 370 valence electrons. The van der Waals surface area contributed by atoms with Crippen molar-refractivity contribution in [1.82, 2.24) is 14.1 Å². The van der Waals surface area contributed by atoms with Gasteiger partial charge in [0.1, 0.15) is 5.82 Å². The zero-order chi connectivity index (χ0) is 68.9. The largest absolute Gasteiger partial charge is 0.510 e. The molecule has 12 aromatic rings. The molecule has 0 aliphatic rings. The van der Waals surface area contributed by atoms with Crippen LogP contribution in [0.15, 0.2) is 212 Å². The first-order valence-electron chi connectivity index (χ1n) is 34.2. The fraction of sp³-hybridized carbons (Fsp3) is 0.130. The summed E-state index contributed by atoms with van der Waals surface area (Å²) in [6.45, 7) is 9.01. The molecule has 0 spiro atoms. The fourth-order valence-electron chi connectivity index (χ4n) is 9.15. The van der Waals surface area contributed by atoms with Crippen molar-refractivity contribution in [2.24, 2.45) is 0 Å². The summed E-state index contributed by atoms with van der Waals surface area (Å²) in [5.74, 6) is 0.548. The molecular weight excluding hydrogens is 1100 g/mol. The molecule has 0 atom stereocenters. The fourth-order valence-corrected chi connectivity index (χ4v) is 9.15. The Morgan fingerprint density at radius 2 is 1.20 bits per heavy atom. The maximum Gasteiger partial charge on any atom is 0.268 e. The van der Waals surface area contributed by atoms with E-state index < -0.39 is 149 Å². The molecule has 0 radical (unpaired) electrons. The van der Waals surface area contributed by atoms with Crippen LogP contribution in [0, 0.1) is 25.3 Å². The molecule has 75 heavy (non-hydrogen) atoms.